The van der Waals surface area contributed by atoms with Gasteiger partial charge in [-0.1, -0.05) is 242 Å². The molecule has 1 heterocycles. The standard InChI is InChI=1S/C65H81N/c1-8-12-16-22-40-64(41-23-17-13-9-2)58-27-21-20-26-54(58)55-36-30-49(44-59(55)64)50-31-37-56-57-38-32-51(52-33-39-62(66-47-52)48-28-34-53(35-29-48)63(5,6)7)46-61(57)65(60(56)45-50,42-24-18-14-10-3)43-25-19-15-11-4/h20-21,26-39,44-47H,8-19,22-25,40-43H2,1-7H3. The van der Waals surface area contributed by atoms with E-state index in [0.29, 0.717) is 0 Å². The van der Waals surface area contributed by atoms with Gasteiger partial charge in [-0.15, -0.1) is 0 Å². The molecule has 0 fully saturated rings. The molecule has 2 aliphatic rings. The molecule has 1 aromatic heterocycles. The Balaban J connectivity index is 1.20. The molecule has 6 aromatic rings. The first-order chi connectivity index (χ1) is 32.2. The van der Waals surface area contributed by atoms with E-state index in [1.165, 1.54) is 184 Å². The van der Waals surface area contributed by atoms with E-state index in [-0.39, 0.29) is 16.2 Å². The number of fused-ring (bicyclic) bond motifs is 6. The summed E-state index contributed by atoms with van der Waals surface area (Å²) >= 11 is 0. The van der Waals surface area contributed by atoms with Crippen molar-refractivity contribution in [1.82, 2.24) is 4.98 Å². The summed E-state index contributed by atoms with van der Waals surface area (Å²) in [5, 5.41) is 0. The first kappa shape index (κ1) is 47.7. The third-order valence-electron chi connectivity index (χ3n) is 15.9. The monoisotopic (exact) mass is 876 g/mol. The van der Waals surface area contributed by atoms with E-state index in [2.05, 4.69) is 170 Å². The minimum absolute atomic E-state index is 0.0182. The van der Waals surface area contributed by atoms with Crippen LogP contribution in [-0.4, -0.2) is 4.98 Å². The Hall–Kier alpha value is -4.75. The first-order valence-electron chi connectivity index (χ1n) is 26.8. The second-order valence-electron chi connectivity index (χ2n) is 21.5. The second-order valence-corrected chi connectivity index (χ2v) is 21.5. The van der Waals surface area contributed by atoms with Gasteiger partial charge in [0, 0.05) is 28.2 Å². The topological polar surface area (TPSA) is 12.9 Å². The summed E-state index contributed by atoms with van der Waals surface area (Å²) in [5.74, 6) is 0. The normalized spacial score (nSPS) is 14.2. The molecule has 0 unspecified atom stereocenters. The molecule has 0 spiro atoms. The van der Waals surface area contributed by atoms with E-state index in [0.717, 1.165) is 5.69 Å². The van der Waals surface area contributed by atoms with Gasteiger partial charge in [0.25, 0.3) is 0 Å². The molecule has 0 N–H and O–H groups in total. The fourth-order valence-corrected chi connectivity index (χ4v) is 12.1. The molecule has 8 rings (SSSR count). The Bertz CT molecular complexity index is 2490. The van der Waals surface area contributed by atoms with Crippen molar-refractivity contribution < 1.29 is 0 Å². The van der Waals surface area contributed by atoms with Gasteiger partial charge in [-0.05, 0) is 122 Å². The van der Waals surface area contributed by atoms with E-state index < -0.39 is 0 Å². The van der Waals surface area contributed by atoms with E-state index in [4.69, 9.17) is 4.98 Å². The van der Waals surface area contributed by atoms with Crippen LogP contribution in [-0.2, 0) is 16.2 Å². The zero-order valence-corrected chi connectivity index (χ0v) is 42.1. The number of pyridine rings is 1. The van der Waals surface area contributed by atoms with Crippen LogP contribution < -0.4 is 0 Å². The summed E-state index contributed by atoms with van der Waals surface area (Å²) in [7, 11) is 0. The molecule has 1 heteroatoms. The second kappa shape index (κ2) is 21.5. The number of nitrogens with zero attached hydrogens (tertiary/aromatic N) is 1. The Morgan fingerprint density at radius 1 is 0.364 bits per heavy atom. The van der Waals surface area contributed by atoms with Crippen molar-refractivity contribution in [2.75, 3.05) is 0 Å². The van der Waals surface area contributed by atoms with Gasteiger partial charge in [-0.25, -0.2) is 0 Å². The molecule has 0 saturated heterocycles. The van der Waals surface area contributed by atoms with Crippen LogP contribution in [0.25, 0.3) is 55.8 Å². The Labute approximate surface area is 401 Å². The third kappa shape index (κ3) is 9.80. The maximum absolute atomic E-state index is 5.07. The van der Waals surface area contributed by atoms with Crippen molar-refractivity contribution >= 4 is 0 Å². The molecular weight excluding hydrogens is 795 g/mol. The predicted molar refractivity (Wildman–Crippen MR) is 287 cm³/mol. The summed E-state index contributed by atoms with van der Waals surface area (Å²) in [6.07, 6.45) is 27.7. The molecule has 0 bridgehead atoms. The summed E-state index contributed by atoms with van der Waals surface area (Å²) < 4.78 is 0. The highest BCUT2D eigenvalue weighted by atomic mass is 14.7. The number of hydrogen-bond acceptors (Lipinski definition) is 1. The lowest BCUT2D eigenvalue weighted by atomic mass is 9.69. The SMILES string of the molecule is CCCCCCC1(CCCCCC)c2ccccc2-c2ccc(-c3ccc4c(c3)C(CCCCCC)(CCCCCC)c3cc(-c5ccc(-c6ccc(C(C)(C)C)cc6)nc5)ccc3-4)cc21. The van der Waals surface area contributed by atoms with Crippen LogP contribution in [0.2, 0.25) is 0 Å². The molecule has 66 heavy (non-hydrogen) atoms. The van der Waals surface area contributed by atoms with Gasteiger partial charge in [-0.2, -0.15) is 0 Å². The van der Waals surface area contributed by atoms with Crippen LogP contribution >= 0.6 is 0 Å². The summed E-state index contributed by atoms with van der Waals surface area (Å²) in [6, 6.07) is 45.7. The quantitative estimate of drug-likeness (QED) is 0.0585. The molecule has 0 atom stereocenters. The van der Waals surface area contributed by atoms with E-state index in [1.54, 1.807) is 22.3 Å². The minimum Gasteiger partial charge on any atom is -0.256 e. The summed E-state index contributed by atoms with van der Waals surface area (Å²) in [6.45, 7) is 16.2. The summed E-state index contributed by atoms with van der Waals surface area (Å²) in [4.78, 5) is 5.07. The molecule has 0 saturated carbocycles. The lowest BCUT2D eigenvalue weighted by Gasteiger charge is -2.34. The first-order valence-corrected chi connectivity index (χ1v) is 26.8. The van der Waals surface area contributed by atoms with Crippen molar-refractivity contribution in [3.05, 3.63) is 149 Å². The van der Waals surface area contributed by atoms with Gasteiger partial charge >= 0.3 is 0 Å². The van der Waals surface area contributed by atoms with E-state index in [9.17, 15) is 0 Å². The van der Waals surface area contributed by atoms with Crippen LogP contribution in [0, 0.1) is 0 Å². The average Bonchev–Trinajstić information content (AvgIpc) is 3.77. The van der Waals surface area contributed by atoms with Crippen molar-refractivity contribution in [2.24, 2.45) is 0 Å². The van der Waals surface area contributed by atoms with Crippen LogP contribution in [0.5, 0.6) is 0 Å². The minimum atomic E-state index is -0.0182. The lowest BCUT2D eigenvalue weighted by Crippen LogP contribution is -2.26. The number of unbranched alkanes of at least 4 members (excludes halogenated alkanes) is 12. The van der Waals surface area contributed by atoms with Gasteiger partial charge in [0.05, 0.1) is 5.69 Å². The van der Waals surface area contributed by atoms with Crippen LogP contribution in [0.15, 0.2) is 121 Å². The molecule has 0 aliphatic heterocycles. The average molecular weight is 876 g/mol. The number of benzene rings is 5. The molecular formula is C65H81N. The van der Waals surface area contributed by atoms with Crippen molar-refractivity contribution in [1.29, 1.82) is 0 Å². The van der Waals surface area contributed by atoms with E-state index in [1.807, 2.05) is 0 Å². The molecule has 1 nitrogen and oxygen atoms in total. The van der Waals surface area contributed by atoms with Gasteiger partial charge < -0.3 is 0 Å². The number of rotatable bonds is 23. The molecule has 0 radical (unpaired) electrons. The van der Waals surface area contributed by atoms with Crippen molar-refractivity contribution in [3.63, 3.8) is 0 Å². The van der Waals surface area contributed by atoms with Gasteiger partial charge in [0.1, 0.15) is 0 Å². The highest BCUT2D eigenvalue weighted by molar-refractivity contribution is 5.88. The van der Waals surface area contributed by atoms with Gasteiger partial charge in [0.15, 0.2) is 0 Å². The molecule has 0 amide bonds. The van der Waals surface area contributed by atoms with Crippen LogP contribution in [0.1, 0.15) is 205 Å². The number of aromatic nitrogens is 1. The highest BCUT2D eigenvalue weighted by Crippen LogP contribution is 2.58. The third-order valence-corrected chi connectivity index (χ3v) is 15.9. The van der Waals surface area contributed by atoms with Gasteiger partial charge in [0.2, 0.25) is 0 Å². The zero-order chi connectivity index (χ0) is 46.2. The fourth-order valence-electron chi connectivity index (χ4n) is 12.1. The Morgan fingerprint density at radius 2 is 0.742 bits per heavy atom. The predicted octanol–water partition coefficient (Wildman–Crippen LogP) is 19.8. The summed E-state index contributed by atoms with van der Waals surface area (Å²) in [5.41, 5.74) is 21.1. The van der Waals surface area contributed by atoms with E-state index >= 15 is 0 Å². The number of hydrogen-bond donors (Lipinski definition) is 0. The van der Waals surface area contributed by atoms with Crippen molar-refractivity contribution in [2.45, 2.75) is 193 Å². The zero-order valence-electron chi connectivity index (χ0n) is 42.1. The molecule has 346 valence electrons. The maximum atomic E-state index is 5.07. The molecule has 5 aromatic carbocycles. The fraction of sp³-hybridized carbons (Fsp3) is 0.462. The van der Waals surface area contributed by atoms with Crippen molar-refractivity contribution in [3.8, 4) is 55.8 Å². The smallest absolute Gasteiger partial charge is 0.0702 e. The van der Waals surface area contributed by atoms with Gasteiger partial charge in [-0.3, -0.25) is 4.98 Å². The Kier molecular flexibility index (Phi) is 15.5. The Morgan fingerprint density at radius 3 is 1.15 bits per heavy atom. The largest absolute Gasteiger partial charge is 0.256 e. The van der Waals surface area contributed by atoms with Crippen LogP contribution in [0.3, 0.4) is 0 Å². The molecule has 2 aliphatic carbocycles. The highest BCUT2D eigenvalue weighted by Gasteiger charge is 2.44. The lowest BCUT2D eigenvalue weighted by molar-refractivity contribution is 0.401. The maximum Gasteiger partial charge on any atom is 0.0702 e. The van der Waals surface area contributed by atoms with Crippen LogP contribution in [0.4, 0.5) is 0 Å².